The molecule has 1 heterocycles. The molecule has 0 aromatic carbocycles. The fourth-order valence-corrected chi connectivity index (χ4v) is 0.361. The molecule has 40 valence electrons. The van der Waals surface area contributed by atoms with Crippen molar-refractivity contribution in [3.05, 3.63) is 24.2 Å². The van der Waals surface area contributed by atoms with Crippen LogP contribution in [0.5, 0.6) is 0 Å². The van der Waals surface area contributed by atoms with Crippen molar-refractivity contribution in [2.24, 2.45) is 0 Å². The molecule has 1 aromatic heterocycles. The summed E-state index contributed by atoms with van der Waals surface area (Å²) in [4.78, 5) is 0. The van der Waals surface area contributed by atoms with E-state index in [9.17, 15) is 0 Å². The van der Waals surface area contributed by atoms with E-state index in [0.29, 0.717) is 0 Å². The molecular weight excluding hydrogens is 88.1 g/mol. The van der Waals surface area contributed by atoms with Gasteiger partial charge in [-0.15, -0.1) is 0 Å². The normalized spacial score (nSPS) is 7.57. The van der Waals surface area contributed by atoms with Gasteiger partial charge in [-0.3, -0.25) is 0 Å². The Balaban J connectivity index is 0.000000360. The Bertz CT molecular complexity index is 108. The van der Waals surface area contributed by atoms with Crippen molar-refractivity contribution in [3.63, 3.8) is 0 Å². The molecule has 1 nitrogen and oxygen atoms in total. The number of hydrogen-bond acceptors (Lipinski definition) is 1. The van der Waals surface area contributed by atoms with Crippen molar-refractivity contribution in [1.82, 2.24) is 0 Å². The SMILES string of the molecule is C.Cc1ccco1. The maximum Gasteiger partial charge on any atom is 0.100 e. The minimum absolute atomic E-state index is 0. The van der Waals surface area contributed by atoms with Crippen LogP contribution in [0.1, 0.15) is 13.2 Å². The van der Waals surface area contributed by atoms with Crippen LogP contribution in [0.25, 0.3) is 0 Å². The van der Waals surface area contributed by atoms with Crippen LogP contribution >= 0.6 is 0 Å². The van der Waals surface area contributed by atoms with E-state index in [-0.39, 0.29) is 7.43 Å². The van der Waals surface area contributed by atoms with Crippen molar-refractivity contribution >= 4 is 0 Å². The molecule has 0 atom stereocenters. The highest BCUT2D eigenvalue weighted by Crippen LogP contribution is 1.93. The zero-order chi connectivity index (χ0) is 4.41. The summed E-state index contributed by atoms with van der Waals surface area (Å²) in [5, 5.41) is 0. The highest BCUT2D eigenvalue weighted by molar-refractivity contribution is 4.93. The zero-order valence-electron chi connectivity index (χ0n) is 3.64. The fourth-order valence-electron chi connectivity index (χ4n) is 0.361. The Labute approximate surface area is 44.0 Å². The van der Waals surface area contributed by atoms with Crippen LogP contribution in [0.4, 0.5) is 0 Å². The molecule has 1 aromatic rings. The third kappa shape index (κ3) is 1.44. The van der Waals surface area contributed by atoms with Crippen molar-refractivity contribution < 1.29 is 4.42 Å². The molecule has 0 saturated heterocycles. The molecule has 0 spiro atoms. The van der Waals surface area contributed by atoms with Gasteiger partial charge in [0.25, 0.3) is 0 Å². The Hall–Kier alpha value is -0.720. The Morgan fingerprint density at radius 2 is 2.29 bits per heavy atom. The summed E-state index contributed by atoms with van der Waals surface area (Å²) in [6.07, 6.45) is 1.66. The Morgan fingerprint density at radius 3 is 2.43 bits per heavy atom. The van der Waals surface area contributed by atoms with Gasteiger partial charge in [-0.25, -0.2) is 0 Å². The van der Waals surface area contributed by atoms with E-state index >= 15 is 0 Å². The number of aryl methyl sites for hydroxylation is 1. The van der Waals surface area contributed by atoms with Crippen LogP contribution in [-0.2, 0) is 0 Å². The predicted molar refractivity (Wildman–Crippen MR) is 30.2 cm³/mol. The van der Waals surface area contributed by atoms with E-state index < -0.39 is 0 Å². The minimum Gasteiger partial charge on any atom is -0.470 e. The van der Waals surface area contributed by atoms with Crippen LogP contribution in [0, 0.1) is 6.92 Å². The maximum absolute atomic E-state index is 4.83. The Kier molecular flexibility index (Phi) is 2.20. The molecule has 7 heavy (non-hydrogen) atoms. The van der Waals surface area contributed by atoms with Crippen molar-refractivity contribution in [3.8, 4) is 0 Å². The second-order valence-corrected chi connectivity index (χ2v) is 1.22. The second kappa shape index (κ2) is 2.45. The lowest BCUT2D eigenvalue weighted by atomic mass is 10.5. The summed E-state index contributed by atoms with van der Waals surface area (Å²) >= 11 is 0. The second-order valence-electron chi connectivity index (χ2n) is 1.22. The van der Waals surface area contributed by atoms with Crippen LogP contribution in [0.2, 0.25) is 0 Å². The Morgan fingerprint density at radius 1 is 1.57 bits per heavy atom. The van der Waals surface area contributed by atoms with Crippen LogP contribution in [-0.4, -0.2) is 0 Å². The van der Waals surface area contributed by atoms with Gasteiger partial charge in [0, 0.05) is 0 Å². The molecule has 0 radical (unpaired) electrons. The first kappa shape index (κ1) is 6.28. The number of furan rings is 1. The molecule has 1 heteroatoms. The average molecular weight is 98.1 g/mol. The van der Waals surface area contributed by atoms with E-state index in [4.69, 9.17) is 4.42 Å². The van der Waals surface area contributed by atoms with Crippen LogP contribution in [0.3, 0.4) is 0 Å². The molecule has 0 unspecified atom stereocenters. The lowest BCUT2D eigenvalue weighted by Gasteiger charge is -1.69. The van der Waals surface area contributed by atoms with Crippen molar-refractivity contribution in [1.29, 1.82) is 0 Å². The van der Waals surface area contributed by atoms with Gasteiger partial charge in [0.1, 0.15) is 5.76 Å². The van der Waals surface area contributed by atoms with Crippen molar-refractivity contribution in [2.75, 3.05) is 0 Å². The molecule has 0 N–H and O–H groups in total. The summed E-state index contributed by atoms with van der Waals surface area (Å²) in [6, 6.07) is 3.79. The molecular formula is C6H10O. The van der Waals surface area contributed by atoms with E-state index in [2.05, 4.69) is 0 Å². The molecule has 0 saturated carbocycles. The topological polar surface area (TPSA) is 13.1 Å². The quantitative estimate of drug-likeness (QED) is 0.485. The molecule has 0 aliphatic heterocycles. The molecule has 0 bridgehead atoms. The molecule has 1 rings (SSSR count). The van der Waals surface area contributed by atoms with Gasteiger partial charge in [-0.1, -0.05) is 7.43 Å². The number of hydrogen-bond donors (Lipinski definition) is 0. The standard InChI is InChI=1S/C5H6O.CH4/c1-5-3-2-4-6-5;/h2-4H,1H3;1H4. The van der Waals surface area contributed by atoms with Gasteiger partial charge >= 0.3 is 0 Å². The first-order valence-electron chi connectivity index (χ1n) is 1.90. The predicted octanol–water partition coefficient (Wildman–Crippen LogP) is 2.22. The first-order valence-corrected chi connectivity index (χ1v) is 1.90. The van der Waals surface area contributed by atoms with Crippen LogP contribution in [0.15, 0.2) is 22.8 Å². The lowest BCUT2D eigenvalue weighted by Crippen LogP contribution is -1.48. The summed E-state index contributed by atoms with van der Waals surface area (Å²) < 4.78 is 4.83. The molecule has 0 aliphatic rings. The van der Waals surface area contributed by atoms with Crippen LogP contribution < -0.4 is 0 Å². The minimum atomic E-state index is 0. The largest absolute Gasteiger partial charge is 0.470 e. The number of rotatable bonds is 0. The van der Waals surface area contributed by atoms with E-state index in [1.165, 1.54) is 0 Å². The van der Waals surface area contributed by atoms with Gasteiger partial charge in [0.2, 0.25) is 0 Å². The first-order chi connectivity index (χ1) is 2.89. The highest BCUT2D eigenvalue weighted by Gasteiger charge is 1.75. The average Bonchev–Trinajstić information content (AvgIpc) is 1.86. The maximum atomic E-state index is 4.83. The third-order valence-corrected chi connectivity index (χ3v) is 0.663. The van der Waals surface area contributed by atoms with Crippen molar-refractivity contribution in [2.45, 2.75) is 14.4 Å². The highest BCUT2D eigenvalue weighted by atomic mass is 16.3. The van der Waals surface area contributed by atoms with Gasteiger partial charge in [0.15, 0.2) is 0 Å². The smallest absolute Gasteiger partial charge is 0.100 e. The monoisotopic (exact) mass is 98.1 g/mol. The molecule has 0 aliphatic carbocycles. The summed E-state index contributed by atoms with van der Waals surface area (Å²) in [5.74, 6) is 0.968. The summed E-state index contributed by atoms with van der Waals surface area (Å²) in [6.45, 7) is 1.92. The zero-order valence-corrected chi connectivity index (χ0v) is 3.64. The third-order valence-electron chi connectivity index (χ3n) is 0.663. The summed E-state index contributed by atoms with van der Waals surface area (Å²) in [5.41, 5.74) is 0. The molecule has 0 fully saturated rings. The van der Waals surface area contributed by atoms with E-state index in [1.54, 1.807) is 6.26 Å². The lowest BCUT2D eigenvalue weighted by molar-refractivity contribution is 0.534. The van der Waals surface area contributed by atoms with Gasteiger partial charge < -0.3 is 4.42 Å². The van der Waals surface area contributed by atoms with E-state index in [1.807, 2.05) is 19.1 Å². The molecule has 0 amide bonds. The van der Waals surface area contributed by atoms with Gasteiger partial charge in [-0.05, 0) is 19.1 Å². The summed E-state index contributed by atoms with van der Waals surface area (Å²) in [7, 11) is 0. The van der Waals surface area contributed by atoms with Gasteiger partial charge in [0.05, 0.1) is 6.26 Å². The van der Waals surface area contributed by atoms with E-state index in [0.717, 1.165) is 5.76 Å². The fraction of sp³-hybridized carbons (Fsp3) is 0.333. The van der Waals surface area contributed by atoms with Gasteiger partial charge in [-0.2, -0.15) is 0 Å².